The van der Waals surface area contributed by atoms with E-state index in [1.54, 1.807) is 11.8 Å². The summed E-state index contributed by atoms with van der Waals surface area (Å²) in [6.07, 6.45) is -2.42. The van der Waals surface area contributed by atoms with E-state index in [1.807, 2.05) is 0 Å². The van der Waals surface area contributed by atoms with Gasteiger partial charge >= 0.3 is 12.1 Å². The van der Waals surface area contributed by atoms with Crippen LogP contribution in [0, 0.1) is 5.92 Å². The van der Waals surface area contributed by atoms with Gasteiger partial charge in [0.15, 0.2) is 5.69 Å². The van der Waals surface area contributed by atoms with E-state index in [-0.39, 0.29) is 54.2 Å². The van der Waals surface area contributed by atoms with Gasteiger partial charge in [0.2, 0.25) is 0 Å². The van der Waals surface area contributed by atoms with Gasteiger partial charge in [-0.2, -0.15) is 21.6 Å². The molecule has 3 rings (SSSR count). The number of piperidine rings is 1. The van der Waals surface area contributed by atoms with Gasteiger partial charge in [0.1, 0.15) is 12.3 Å². The molecule has 0 radical (unpaired) electrons. The molecule has 1 saturated heterocycles. The summed E-state index contributed by atoms with van der Waals surface area (Å²) in [6, 6.07) is 2.70. The molecule has 0 N–H and O–H groups in total. The highest BCUT2D eigenvalue weighted by Crippen LogP contribution is 2.38. The van der Waals surface area contributed by atoms with Gasteiger partial charge in [-0.15, -0.1) is 5.10 Å². The lowest BCUT2D eigenvalue weighted by molar-refractivity contribution is -0.144. The molecule has 10 nitrogen and oxygen atoms in total. The van der Waals surface area contributed by atoms with Crippen molar-refractivity contribution in [3.8, 4) is 11.4 Å². The monoisotopic (exact) mass is 505 g/mol. The maximum atomic E-state index is 14.0. The molecule has 0 aliphatic carbocycles. The number of hydrogen-bond donors (Lipinski definition) is 0. The first-order valence-corrected chi connectivity index (χ1v) is 12.4. The molecule has 0 saturated carbocycles. The highest BCUT2D eigenvalue weighted by Gasteiger charge is 2.39. The van der Waals surface area contributed by atoms with Crippen molar-refractivity contribution in [3.05, 3.63) is 23.5 Å². The number of alkyl halides is 3. The molecule has 1 aliphatic rings. The van der Waals surface area contributed by atoms with E-state index in [4.69, 9.17) is 8.92 Å². The van der Waals surface area contributed by atoms with Crippen LogP contribution in [0.25, 0.3) is 11.4 Å². The first kappa shape index (κ1) is 25.9. The summed E-state index contributed by atoms with van der Waals surface area (Å²) in [4.78, 5) is 17.3. The normalized spacial score (nSPS) is 17.1. The minimum Gasteiger partial charge on any atom is -0.466 e. The minimum atomic E-state index is -4.76. The Morgan fingerprint density at radius 3 is 2.68 bits per heavy atom. The number of rotatable bonds is 8. The van der Waals surface area contributed by atoms with E-state index in [0.717, 1.165) is 6.26 Å². The molecule has 0 amide bonds. The molecule has 1 fully saturated rings. The van der Waals surface area contributed by atoms with Crippen molar-refractivity contribution >= 4 is 21.8 Å². The van der Waals surface area contributed by atoms with Gasteiger partial charge < -0.3 is 9.64 Å². The van der Waals surface area contributed by atoms with E-state index in [0.29, 0.717) is 19.4 Å². The summed E-state index contributed by atoms with van der Waals surface area (Å²) in [5.74, 6) is -0.501. The summed E-state index contributed by atoms with van der Waals surface area (Å²) >= 11 is 0. The van der Waals surface area contributed by atoms with Crippen molar-refractivity contribution in [1.29, 1.82) is 0 Å². The van der Waals surface area contributed by atoms with Crippen LogP contribution in [0.1, 0.15) is 37.6 Å². The number of esters is 1. The summed E-state index contributed by atoms with van der Waals surface area (Å²) in [5.41, 5.74) is -1.16. The standard InChI is InChI=1S/C20H26F3N5O5S/c1-4-32-17(29)10-13-6-5-9-28(11-13)15-8-7-14(24-19(15)20(21,22)23)18-16(27(2)26-25-18)12-33-34(3,30)31/h7-8,13H,4-6,9-12H2,1-3H3/t13-/m0/s1. The third-order valence-corrected chi connectivity index (χ3v) is 5.90. The Hall–Kier alpha value is -2.74. The molecule has 0 spiro atoms. The molecule has 0 bridgehead atoms. The van der Waals surface area contributed by atoms with Crippen LogP contribution in [-0.4, -0.2) is 60.3 Å². The van der Waals surface area contributed by atoms with Crippen molar-refractivity contribution in [1.82, 2.24) is 20.0 Å². The van der Waals surface area contributed by atoms with Crippen LogP contribution in [0.3, 0.4) is 0 Å². The van der Waals surface area contributed by atoms with Gasteiger partial charge in [0.05, 0.1) is 36.4 Å². The molecule has 188 valence electrons. The average Bonchev–Trinajstić information content (AvgIpc) is 3.11. The second kappa shape index (κ2) is 10.3. The summed E-state index contributed by atoms with van der Waals surface area (Å²) < 4.78 is 75.7. The van der Waals surface area contributed by atoms with E-state index >= 15 is 0 Å². The number of pyridine rings is 1. The molecule has 3 heterocycles. The summed E-state index contributed by atoms with van der Waals surface area (Å²) in [5, 5.41) is 7.62. The zero-order valence-electron chi connectivity index (χ0n) is 19.0. The number of carbonyl (C=O) groups is 1. The van der Waals surface area contributed by atoms with Gasteiger partial charge in [-0.1, -0.05) is 5.21 Å². The highest BCUT2D eigenvalue weighted by molar-refractivity contribution is 7.85. The molecule has 14 heteroatoms. The maximum Gasteiger partial charge on any atom is 0.435 e. The first-order valence-electron chi connectivity index (χ1n) is 10.6. The predicted octanol–water partition coefficient (Wildman–Crippen LogP) is 2.54. The number of nitrogens with zero attached hydrogens (tertiary/aromatic N) is 5. The molecule has 2 aromatic heterocycles. The van der Waals surface area contributed by atoms with Gasteiger partial charge in [-0.25, -0.2) is 9.67 Å². The first-order chi connectivity index (χ1) is 15.9. The van der Waals surface area contributed by atoms with Crippen LogP contribution in [0.2, 0.25) is 0 Å². The van der Waals surface area contributed by atoms with Crippen LogP contribution in [-0.2, 0) is 43.7 Å². The number of carbonyl (C=O) groups excluding carboxylic acids is 1. The Balaban J connectivity index is 1.92. The second-order valence-electron chi connectivity index (χ2n) is 8.00. The lowest BCUT2D eigenvalue weighted by atomic mass is 9.94. The molecule has 0 unspecified atom stereocenters. The molecule has 2 aromatic rings. The van der Waals surface area contributed by atoms with Gasteiger partial charge in [-0.3, -0.25) is 8.98 Å². The lowest BCUT2D eigenvalue weighted by Crippen LogP contribution is -2.37. The zero-order valence-corrected chi connectivity index (χ0v) is 19.8. The third kappa shape index (κ3) is 6.44. The SMILES string of the molecule is CCOC(=O)C[C@@H]1CCCN(c2ccc(-c3nnn(C)c3COS(C)(=O)=O)nc2C(F)(F)F)C1. The third-order valence-electron chi connectivity index (χ3n) is 5.36. The number of aromatic nitrogens is 4. The summed E-state index contributed by atoms with van der Waals surface area (Å²) in [7, 11) is -2.33. The quantitative estimate of drug-likeness (QED) is 0.394. The fourth-order valence-corrected chi connectivity index (χ4v) is 4.18. The van der Waals surface area contributed by atoms with Gasteiger partial charge in [-0.05, 0) is 37.8 Å². The Kier molecular flexibility index (Phi) is 7.81. The summed E-state index contributed by atoms with van der Waals surface area (Å²) in [6.45, 7) is 2.15. The fraction of sp³-hybridized carbons (Fsp3) is 0.600. The second-order valence-corrected chi connectivity index (χ2v) is 9.64. The maximum absolute atomic E-state index is 14.0. The zero-order chi connectivity index (χ0) is 25.1. The molecule has 0 aromatic carbocycles. The van der Waals surface area contributed by atoms with E-state index in [2.05, 4.69) is 15.3 Å². The molecular formula is C20H26F3N5O5S. The van der Waals surface area contributed by atoms with Gasteiger partial charge in [0, 0.05) is 20.1 Å². The van der Waals surface area contributed by atoms with Crippen molar-refractivity contribution < 1.29 is 35.3 Å². The van der Waals surface area contributed by atoms with Crippen LogP contribution in [0.15, 0.2) is 12.1 Å². The number of anilines is 1. The van der Waals surface area contributed by atoms with Crippen molar-refractivity contribution in [2.75, 3.05) is 30.9 Å². The van der Waals surface area contributed by atoms with Crippen molar-refractivity contribution in [2.24, 2.45) is 13.0 Å². The Morgan fingerprint density at radius 1 is 1.29 bits per heavy atom. The fourth-order valence-electron chi connectivity index (χ4n) is 3.85. The molecule has 1 aliphatic heterocycles. The number of halogens is 3. The number of aryl methyl sites for hydroxylation is 1. The number of ether oxygens (including phenoxy) is 1. The van der Waals surface area contributed by atoms with E-state index < -0.39 is 28.6 Å². The Labute approximate surface area is 195 Å². The lowest BCUT2D eigenvalue weighted by Gasteiger charge is -2.35. The van der Waals surface area contributed by atoms with Crippen LogP contribution in [0.5, 0.6) is 0 Å². The average molecular weight is 506 g/mol. The van der Waals surface area contributed by atoms with E-state index in [9.17, 15) is 26.4 Å². The van der Waals surface area contributed by atoms with Crippen molar-refractivity contribution in [3.63, 3.8) is 0 Å². The van der Waals surface area contributed by atoms with Crippen molar-refractivity contribution in [2.45, 2.75) is 39.0 Å². The molecule has 34 heavy (non-hydrogen) atoms. The topological polar surface area (TPSA) is 117 Å². The smallest absolute Gasteiger partial charge is 0.435 e. The van der Waals surface area contributed by atoms with Crippen LogP contribution < -0.4 is 4.90 Å². The minimum absolute atomic E-state index is 0.0120. The molecule has 1 atom stereocenters. The van der Waals surface area contributed by atoms with Crippen LogP contribution >= 0.6 is 0 Å². The predicted molar refractivity (Wildman–Crippen MR) is 115 cm³/mol. The van der Waals surface area contributed by atoms with E-state index in [1.165, 1.54) is 23.9 Å². The largest absolute Gasteiger partial charge is 0.466 e. The Morgan fingerprint density at radius 2 is 2.03 bits per heavy atom. The Bertz CT molecular complexity index is 1140. The highest BCUT2D eigenvalue weighted by atomic mass is 32.2. The molecular weight excluding hydrogens is 479 g/mol. The number of hydrogen-bond acceptors (Lipinski definition) is 9. The van der Waals surface area contributed by atoms with Crippen LogP contribution in [0.4, 0.5) is 18.9 Å². The van der Waals surface area contributed by atoms with Gasteiger partial charge in [0.25, 0.3) is 10.1 Å².